The van der Waals surface area contributed by atoms with Gasteiger partial charge in [-0.05, 0) is 24.6 Å². The Morgan fingerprint density at radius 2 is 2.32 bits per heavy atom. The molecule has 0 radical (unpaired) electrons. The smallest absolute Gasteiger partial charge is 0.180 e. The van der Waals surface area contributed by atoms with Crippen molar-refractivity contribution in [1.82, 2.24) is 4.90 Å². The number of benzene rings is 1. The molecule has 1 aromatic rings. The molecule has 1 fully saturated rings. The molecule has 1 aliphatic heterocycles. The van der Waals surface area contributed by atoms with Gasteiger partial charge in [0.05, 0.1) is 19.2 Å². The van der Waals surface area contributed by atoms with Gasteiger partial charge in [0, 0.05) is 24.1 Å². The van der Waals surface area contributed by atoms with Gasteiger partial charge in [0.25, 0.3) is 0 Å². The third-order valence-corrected chi connectivity index (χ3v) is 4.49. The van der Waals surface area contributed by atoms with Crippen molar-refractivity contribution in [2.45, 2.75) is 19.1 Å². The molecule has 1 unspecified atom stereocenters. The maximum atomic E-state index is 12.4. The Morgan fingerprint density at radius 1 is 1.53 bits per heavy atom. The molecule has 0 aliphatic carbocycles. The normalized spacial score (nSPS) is 20.3. The summed E-state index contributed by atoms with van der Waals surface area (Å²) in [4.78, 5) is 14.6. The van der Waals surface area contributed by atoms with Gasteiger partial charge in [0.2, 0.25) is 0 Å². The number of ether oxygens (including phenoxy) is 1. The van der Waals surface area contributed by atoms with Crippen molar-refractivity contribution in [3.05, 3.63) is 29.3 Å². The molecule has 1 heterocycles. The maximum Gasteiger partial charge on any atom is 0.180 e. The zero-order valence-electron chi connectivity index (χ0n) is 11.8. The lowest BCUT2D eigenvalue weighted by Crippen LogP contribution is -2.39. The van der Waals surface area contributed by atoms with Crippen LogP contribution in [0.3, 0.4) is 0 Å². The number of carbonyl (C=O) groups excluding carboxylic acids is 1. The summed E-state index contributed by atoms with van der Waals surface area (Å²) in [5.41, 5.74) is 1.80. The minimum absolute atomic E-state index is 0.149. The van der Waals surface area contributed by atoms with E-state index in [4.69, 9.17) is 4.74 Å². The number of aryl methyl sites for hydroxylation is 1. The predicted octanol–water partition coefficient (Wildman–Crippen LogP) is 2.62. The molecule has 3 nitrogen and oxygen atoms in total. The number of hydrogen-bond donors (Lipinski definition) is 0. The molecule has 0 amide bonds. The van der Waals surface area contributed by atoms with Crippen LogP contribution in [0.25, 0.3) is 0 Å². The van der Waals surface area contributed by atoms with Crippen molar-refractivity contribution in [2.24, 2.45) is 0 Å². The molecule has 1 aromatic carbocycles. The number of rotatable bonds is 4. The molecule has 1 saturated heterocycles. The largest absolute Gasteiger partial charge is 0.496 e. The van der Waals surface area contributed by atoms with Crippen LogP contribution in [0.15, 0.2) is 18.2 Å². The van der Waals surface area contributed by atoms with Crippen LogP contribution in [0.5, 0.6) is 5.75 Å². The lowest BCUT2D eigenvalue weighted by atomic mass is 10.1. The fourth-order valence-electron chi connectivity index (χ4n) is 2.35. The van der Waals surface area contributed by atoms with Crippen LogP contribution in [0.2, 0.25) is 0 Å². The van der Waals surface area contributed by atoms with E-state index in [-0.39, 0.29) is 5.78 Å². The van der Waals surface area contributed by atoms with Crippen LogP contribution in [0.4, 0.5) is 0 Å². The Kier molecular flexibility index (Phi) is 4.88. The summed E-state index contributed by atoms with van der Waals surface area (Å²) in [6.45, 7) is 6.69. The Hall–Kier alpha value is -1.00. The number of ketones is 1. The first-order valence-electron chi connectivity index (χ1n) is 6.62. The zero-order valence-corrected chi connectivity index (χ0v) is 12.6. The van der Waals surface area contributed by atoms with Gasteiger partial charge in [0.15, 0.2) is 5.78 Å². The molecule has 0 saturated carbocycles. The topological polar surface area (TPSA) is 29.5 Å². The summed E-state index contributed by atoms with van der Waals surface area (Å²) in [7, 11) is 1.62. The molecule has 0 bridgehead atoms. The number of methoxy groups -OCH3 is 1. The van der Waals surface area contributed by atoms with Gasteiger partial charge in [0.1, 0.15) is 5.75 Å². The molecule has 19 heavy (non-hydrogen) atoms. The minimum atomic E-state index is 0.149. The van der Waals surface area contributed by atoms with Crippen molar-refractivity contribution in [3.8, 4) is 5.75 Å². The molecule has 2 rings (SSSR count). The summed E-state index contributed by atoms with van der Waals surface area (Å²) < 4.78 is 5.31. The number of nitrogens with zero attached hydrogens (tertiary/aromatic N) is 1. The van der Waals surface area contributed by atoms with Gasteiger partial charge in [-0.25, -0.2) is 0 Å². The number of hydrogen-bond acceptors (Lipinski definition) is 4. The second-order valence-corrected chi connectivity index (χ2v) is 6.59. The Labute approximate surface area is 119 Å². The van der Waals surface area contributed by atoms with E-state index in [9.17, 15) is 4.79 Å². The first-order valence-corrected chi connectivity index (χ1v) is 7.67. The van der Waals surface area contributed by atoms with Crippen molar-refractivity contribution in [1.29, 1.82) is 0 Å². The first kappa shape index (κ1) is 14.4. The van der Waals surface area contributed by atoms with Gasteiger partial charge in [-0.1, -0.05) is 13.0 Å². The van der Waals surface area contributed by atoms with Crippen molar-refractivity contribution in [2.75, 3.05) is 32.5 Å². The van der Waals surface area contributed by atoms with Crippen LogP contribution < -0.4 is 4.74 Å². The Morgan fingerprint density at radius 3 is 3.00 bits per heavy atom. The fourth-order valence-corrected chi connectivity index (χ4v) is 3.43. The highest BCUT2D eigenvalue weighted by Crippen LogP contribution is 2.22. The summed E-state index contributed by atoms with van der Waals surface area (Å²) in [5, 5.41) is 0.612. The fraction of sp³-hybridized carbons (Fsp3) is 0.533. The van der Waals surface area contributed by atoms with Crippen molar-refractivity contribution in [3.63, 3.8) is 0 Å². The highest BCUT2D eigenvalue weighted by molar-refractivity contribution is 7.99. The molecule has 0 N–H and O–H groups in total. The van der Waals surface area contributed by atoms with E-state index in [1.165, 1.54) is 0 Å². The molecule has 104 valence electrons. The minimum Gasteiger partial charge on any atom is -0.496 e. The first-order chi connectivity index (χ1) is 9.10. The average molecular weight is 279 g/mol. The second-order valence-electron chi connectivity index (χ2n) is 5.04. The monoisotopic (exact) mass is 279 g/mol. The van der Waals surface area contributed by atoms with Crippen molar-refractivity contribution >= 4 is 17.5 Å². The van der Waals surface area contributed by atoms with E-state index in [2.05, 4.69) is 11.8 Å². The SMILES string of the molecule is COc1cc(C)ccc1C(=O)CN1CCSC(C)C1. The highest BCUT2D eigenvalue weighted by atomic mass is 32.2. The lowest BCUT2D eigenvalue weighted by molar-refractivity contribution is 0.0931. The summed E-state index contributed by atoms with van der Waals surface area (Å²) >= 11 is 1.98. The number of carbonyl (C=O) groups is 1. The van der Waals surface area contributed by atoms with E-state index in [1.807, 2.05) is 36.9 Å². The van der Waals surface area contributed by atoms with Gasteiger partial charge < -0.3 is 4.74 Å². The second kappa shape index (κ2) is 6.44. The summed E-state index contributed by atoms with van der Waals surface area (Å²) in [6, 6.07) is 5.75. The molecular weight excluding hydrogens is 258 g/mol. The van der Waals surface area contributed by atoms with Gasteiger partial charge in [-0.3, -0.25) is 9.69 Å². The van der Waals surface area contributed by atoms with Gasteiger partial charge >= 0.3 is 0 Å². The summed E-state index contributed by atoms with van der Waals surface area (Å²) in [5.74, 6) is 1.94. The van der Waals surface area contributed by atoms with Crippen molar-refractivity contribution < 1.29 is 9.53 Å². The van der Waals surface area contributed by atoms with Crippen LogP contribution in [0, 0.1) is 6.92 Å². The Balaban J connectivity index is 2.07. The molecule has 1 atom stereocenters. The molecule has 1 aliphatic rings. The van der Waals surface area contributed by atoms with Crippen LogP contribution in [-0.2, 0) is 0 Å². The molecule has 0 spiro atoms. The predicted molar refractivity (Wildman–Crippen MR) is 80.4 cm³/mol. The Bertz CT molecular complexity index is 461. The zero-order chi connectivity index (χ0) is 13.8. The standard InChI is InChI=1S/C15H21NO2S/c1-11-4-5-13(15(8-11)18-3)14(17)10-16-6-7-19-12(2)9-16/h4-5,8,12H,6-7,9-10H2,1-3H3. The number of Topliss-reactive ketones (excluding diaryl/α,β-unsaturated/α-hetero) is 1. The van der Waals surface area contributed by atoms with E-state index >= 15 is 0 Å². The average Bonchev–Trinajstić information content (AvgIpc) is 2.38. The molecule has 4 heteroatoms. The van der Waals surface area contributed by atoms with Crippen LogP contribution in [-0.4, -0.2) is 48.4 Å². The van der Waals surface area contributed by atoms with Gasteiger partial charge in [-0.2, -0.15) is 11.8 Å². The third kappa shape index (κ3) is 3.74. The summed E-state index contributed by atoms with van der Waals surface area (Å²) in [6.07, 6.45) is 0. The van der Waals surface area contributed by atoms with E-state index in [1.54, 1.807) is 7.11 Å². The molecular formula is C15H21NO2S. The van der Waals surface area contributed by atoms with Gasteiger partial charge in [-0.15, -0.1) is 0 Å². The van der Waals surface area contributed by atoms with E-state index in [0.717, 1.165) is 24.4 Å². The lowest BCUT2D eigenvalue weighted by Gasteiger charge is -2.29. The van der Waals surface area contributed by atoms with E-state index < -0.39 is 0 Å². The molecule has 0 aromatic heterocycles. The van der Waals surface area contributed by atoms with Crippen LogP contribution >= 0.6 is 11.8 Å². The quantitative estimate of drug-likeness (QED) is 0.792. The highest BCUT2D eigenvalue weighted by Gasteiger charge is 2.21. The van der Waals surface area contributed by atoms with Crippen LogP contribution in [0.1, 0.15) is 22.8 Å². The van der Waals surface area contributed by atoms with E-state index in [0.29, 0.717) is 23.1 Å². The number of thioether (sulfide) groups is 1. The third-order valence-electron chi connectivity index (χ3n) is 3.35. The maximum absolute atomic E-state index is 12.4.